The van der Waals surface area contributed by atoms with Gasteiger partial charge in [0.1, 0.15) is 0 Å². The summed E-state index contributed by atoms with van der Waals surface area (Å²) < 4.78 is 0. The summed E-state index contributed by atoms with van der Waals surface area (Å²) in [6, 6.07) is 8.08. The highest BCUT2D eigenvalue weighted by Gasteiger charge is 2.30. The van der Waals surface area contributed by atoms with Gasteiger partial charge in [0.05, 0.1) is 0 Å². The first-order chi connectivity index (χ1) is 13.8. The lowest BCUT2D eigenvalue weighted by Gasteiger charge is -2.36. The van der Waals surface area contributed by atoms with Gasteiger partial charge in [0.2, 0.25) is 5.91 Å². The highest BCUT2D eigenvalue weighted by molar-refractivity contribution is 6.30. The zero-order valence-corrected chi connectivity index (χ0v) is 17.5. The molecule has 0 radical (unpaired) electrons. The van der Waals surface area contributed by atoms with Crippen LogP contribution in [0.15, 0.2) is 24.3 Å². The Labute approximate surface area is 176 Å². The lowest BCUT2D eigenvalue weighted by atomic mass is 9.92. The minimum Gasteiger partial charge on any atom is -0.473 e. The van der Waals surface area contributed by atoms with Gasteiger partial charge in [0.15, 0.2) is 0 Å². The van der Waals surface area contributed by atoms with Crippen molar-refractivity contribution >= 4 is 29.4 Å². The number of likely N-dealkylation sites (tertiary alicyclic amines) is 2. The van der Waals surface area contributed by atoms with E-state index in [1.54, 1.807) is 0 Å². The molecule has 2 heterocycles. The Morgan fingerprint density at radius 1 is 0.931 bits per heavy atom. The average molecular weight is 425 g/mol. The van der Waals surface area contributed by atoms with Crippen LogP contribution in [0.25, 0.3) is 0 Å². The molecule has 0 aliphatic carbocycles. The molecular formula is C21H29ClN2O5. The van der Waals surface area contributed by atoms with Crippen LogP contribution in [0.1, 0.15) is 38.2 Å². The van der Waals surface area contributed by atoms with Gasteiger partial charge in [-0.25, -0.2) is 9.59 Å². The summed E-state index contributed by atoms with van der Waals surface area (Å²) in [5.41, 5.74) is 1.30. The molecule has 0 spiro atoms. The second-order valence-electron chi connectivity index (χ2n) is 7.80. The number of carbonyl (C=O) groups excluding carboxylic acids is 1. The van der Waals surface area contributed by atoms with Crippen LogP contribution in [0.4, 0.5) is 0 Å². The van der Waals surface area contributed by atoms with Gasteiger partial charge in [0, 0.05) is 30.6 Å². The normalized spacial score (nSPS) is 18.6. The summed E-state index contributed by atoms with van der Waals surface area (Å²) in [4.78, 5) is 35.4. The molecule has 2 aliphatic heterocycles. The van der Waals surface area contributed by atoms with E-state index in [4.69, 9.17) is 31.4 Å². The van der Waals surface area contributed by atoms with Crippen molar-refractivity contribution < 1.29 is 24.6 Å². The monoisotopic (exact) mass is 424 g/mol. The topological polar surface area (TPSA) is 98.2 Å². The number of rotatable bonds is 3. The van der Waals surface area contributed by atoms with Crippen molar-refractivity contribution in [2.75, 3.05) is 26.2 Å². The van der Waals surface area contributed by atoms with Gasteiger partial charge in [-0.1, -0.05) is 30.7 Å². The summed E-state index contributed by atoms with van der Waals surface area (Å²) in [6.07, 6.45) is 4.33. The number of aliphatic carboxylic acids is 2. The third-order valence-corrected chi connectivity index (χ3v) is 5.79. The third kappa shape index (κ3) is 7.66. The van der Waals surface area contributed by atoms with Crippen molar-refractivity contribution in [3.05, 3.63) is 34.9 Å². The molecule has 0 atom stereocenters. The molecule has 0 saturated carbocycles. The molecule has 160 valence electrons. The zero-order valence-electron chi connectivity index (χ0n) is 16.7. The van der Waals surface area contributed by atoms with Crippen LogP contribution in [0, 0.1) is 11.8 Å². The first kappa shape index (κ1) is 23.2. The fourth-order valence-electron chi connectivity index (χ4n) is 3.67. The first-order valence-corrected chi connectivity index (χ1v) is 10.4. The fourth-order valence-corrected chi connectivity index (χ4v) is 3.80. The summed E-state index contributed by atoms with van der Waals surface area (Å²) in [5.74, 6) is -2.22. The molecule has 2 N–H and O–H groups in total. The minimum absolute atomic E-state index is 0.241. The Bertz CT molecular complexity index is 682. The van der Waals surface area contributed by atoms with Crippen LogP contribution >= 0.6 is 11.6 Å². The highest BCUT2D eigenvalue weighted by atomic mass is 35.5. The molecule has 8 heteroatoms. The van der Waals surface area contributed by atoms with E-state index in [2.05, 4.69) is 28.9 Å². The highest BCUT2D eigenvalue weighted by Crippen LogP contribution is 2.24. The maximum absolute atomic E-state index is 12.7. The number of halogens is 1. The van der Waals surface area contributed by atoms with Crippen LogP contribution in [0.3, 0.4) is 0 Å². The number of hydrogen-bond acceptors (Lipinski definition) is 4. The Morgan fingerprint density at radius 2 is 1.45 bits per heavy atom. The van der Waals surface area contributed by atoms with Gasteiger partial charge < -0.3 is 15.1 Å². The van der Waals surface area contributed by atoms with E-state index in [0.717, 1.165) is 56.5 Å². The second-order valence-corrected chi connectivity index (χ2v) is 8.23. The average Bonchev–Trinajstić information content (AvgIpc) is 2.71. The van der Waals surface area contributed by atoms with Crippen LogP contribution in [0.2, 0.25) is 5.02 Å². The SMILES string of the molecule is CC1CCN(C(=O)C2CCN(Cc3ccc(Cl)cc3)CC2)CC1.O=C(O)C(=O)O. The number of carboxylic acid groups (broad SMARTS) is 2. The van der Waals surface area contributed by atoms with Gasteiger partial charge in [-0.15, -0.1) is 0 Å². The molecule has 1 aromatic rings. The van der Waals surface area contributed by atoms with E-state index in [0.29, 0.717) is 5.91 Å². The van der Waals surface area contributed by atoms with E-state index in [9.17, 15) is 4.79 Å². The molecule has 1 aromatic carbocycles. The molecule has 2 fully saturated rings. The summed E-state index contributed by atoms with van der Waals surface area (Å²) in [5, 5.41) is 15.6. The van der Waals surface area contributed by atoms with Crippen molar-refractivity contribution in [3.63, 3.8) is 0 Å². The first-order valence-electron chi connectivity index (χ1n) is 9.98. The molecule has 2 aliphatic rings. The zero-order chi connectivity index (χ0) is 21.4. The molecule has 0 bridgehead atoms. The lowest BCUT2D eigenvalue weighted by Crippen LogP contribution is -2.45. The predicted molar refractivity (Wildman–Crippen MR) is 110 cm³/mol. The quantitative estimate of drug-likeness (QED) is 0.724. The van der Waals surface area contributed by atoms with Crippen LogP contribution in [0.5, 0.6) is 0 Å². The molecule has 29 heavy (non-hydrogen) atoms. The van der Waals surface area contributed by atoms with Crippen molar-refractivity contribution in [1.82, 2.24) is 9.80 Å². The number of carbonyl (C=O) groups is 3. The van der Waals surface area contributed by atoms with Crippen molar-refractivity contribution in [1.29, 1.82) is 0 Å². The summed E-state index contributed by atoms with van der Waals surface area (Å²) in [7, 11) is 0. The Morgan fingerprint density at radius 3 is 1.93 bits per heavy atom. The lowest BCUT2D eigenvalue weighted by molar-refractivity contribution is -0.159. The molecule has 0 aromatic heterocycles. The van der Waals surface area contributed by atoms with Gasteiger partial charge in [-0.05, 0) is 62.4 Å². The van der Waals surface area contributed by atoms with E-state index in [-0.39, 0.29) is 5.92 Å². The van der Waals surface area contributed by atoms with E-state index in [1.807, 2.05) is 12.1 Å². The van der Waals surface area contributed by atoms with E-state index < -0.39 is 11.9 Å². The van der Waals surface area contributed by atoms with Gasteiger partial charge in [0.25, 0.3) is 0 Å². The molecule has 1 amide bonds. The molecule has 2 saturated heterocycles. The van der Waals surface area contributed by atoms with Crippen LogP contribution in [-0.2, 0) is 20.9 Å². The standard InChI is InChI=1S/C19H27ClN2O.C2H2O4/c1-15-6-12-22(13-7-15)19(23)17-8-10-21(11-9-17)14-16-2-4-18(20)5-3-16;3-1(4)2(5)6/h2-5,15,17H,6-14H2,1H3;(H,3,4)(H,5,6). The molecular weight excluding hydrogens is 396 g/mol. The van der Waals surface area contributed by atoms with Crippen LogP contribution in [-0.4, -0.2) is 64.0 Å². The Kier molecular flexibility index (Phi) is 8.92. The van der Waals surface area contributed by atoms with Gasteiger partial charge in [-0.3, -0.25) is 9.69 Å². The number of benzene rings is 1. The van der Waals surface area contributed by atoms with E-state index >= 15 is 0 Å². The summed E-state index contributed by atoms with van der Waals surface area (Å²) >= 11 is 5.94. The van der Waals surface area contributed by atoms with Crippen LogP contribution < -0.4 is 0 Å². The molecule has 3 rings (SSSR count). The smallest absolute Gasteiger partial charge is 0.414 e. The number of hydrogen-bond donors (Lipinski definition) is 2. The van der Waals surface area contributed by atoms with Crippen molar-refractivity contribution in [2.24, 2.45) is 11.8 Å². The minimum atomic E-state index is -1.82. The molecule has 0 unspecified atom stereocenters. The second kappa shape index (κ2) is 11.2. The number of amides is 1. The Balaban J connectivity index is 0.000000438. The maximum atomic E-state index is 12.7. The fraction of sp³-hybridized carbons (Fsp3) is 0.571. The molecule has 7 nitrogen and oxygen atoms in total. The van der Waals surface area contributed by atoms with E-state index in [1.165, 1.54) is 18.4 Å². The predicted octanol–water partition coefficient (Wildman–Crippen LogP) is 2.97. The van der Waals surface area contributed by atoms with Crippen molar-refractivity contribution in [3.8, 4) is 0 Å². The third-order valence-electron chi connectivity index (χ3n) is 5.53. The summed E-state index contributed by atoms with van der Waals surface area (Å²) in [6.45, 7) is 7.21. The number of carboxylic acids is 2. The number of piperidine rings is 2. The van der Waals surface area contributed by atoms with Crippen molar-refractivity contribution in [2.45, 2.75) is 39.2 Å². The number of nitrogens with zero attached hydrogens (tertiary/aromatic N) is 2. The Hall–Kier alpha value is -2.12. The van der Waals surface area contributed by atoms with Gasteiger partial charge in [-0.2, -0.15) is 0 Å². The maximum Gasteiger partial charge on any atom is 0.414 e. The largest absolute Gasteiger partial charge is 0.473 e. The van der Waals surface area contributed by atoms with Gasteiger partial charge >= 0.3 is 11.9 Å².